The van der Waals surface area contributed by atoms with Crippen LogP contribution in [0.5, 0.6) is 5.75 Å². The fourth-order valence-corrected chi connectivity index (χ4v) is 4.47. The Morgan fingerprint density at radius 3 is 2.72 bits per heavy atom. The third kappa shape index (κ3) is 5.09. The largest absolute Gasteiger partial charge is 0.491 e. The van der Waals surface area contributed by atoms with Crippen LogP contribution in [0.4, 0.5) is 4.79 Å². The van der Waals surface area contributed by atoms with Crippen molar-refractivity contribution < 1.29 is 14.3 Å². The lowest BCUT2D eigenvalue weighted by atomic mass is 10.0. The van der Waals surface area contributed by atoms with Crippen molar-refractivity contribution in [1.29, 1.82) is 0 Å². The standard InChI is InChI=1S/C22H29N3O3S/c1-4-23-22(27)25(16(2)3)14-21(26)24-12-10-20-18(11-13-29-20)19(24)15-28-17-8-6-5-7-9-17/h5-9,11,13,16,19H,4,10,12,14-15H2,1-3H3,(H,23,27)/t19-/m1/s1. The van der Waals surface area contributed by atoms with Gasteiger partial charge in [0.25, 0.3) is 0 Å². The molecule has 1 aromatic carbocycles. The molecule has 0 saturated heterocycles. The van der Waals surface area contributed by atoms with E-state index < -0.39 is 0 Å². The average Bonchev–Trinajstić information content (AvgIpc) is 3.19. The van der Waals surface area contributed by atoms with Crippen LogP contribution >= 0.6 is 11.3 Å². The van der Waals surface area contributed by atoms with E-state index in [9.17, 15) is 9.59 Å². The molecular weight excluding hydrogens is 386 g/mol. The number of amides is 3. The van der Waals surface area contributed by atoms with Gasteiger partial charge >= 0.3 is 6.03 Å². The summed E-state index contributed by atoms with van der Waals surface area (Å²) in [5, 5.41) is 4.87. The van der Waals surface area contributed by atoms with E-state index in [1.807, 2.05) is 56.0 Å². The molecule has 0 saturated carbocycles. The molecule has 6 nitrogen and oxygen atoms in total. The Morgan fingerprint density at radius 1 is 1.28 bits per heavy atom. The minimum Gasteiger partial charge on any atom is -0.491 e. The summed E-state index contributed by atoms with van der Waals surface area (Å²) in [7, 11) is 0. The summed E-state index contributed by atoms with van der Waals surface area (Å²) in [6.45, 7) is 7.34. The van der Waals surface area contributed by atoms with E-state index in [2.05, 4.69) is 16.8 Å². The van der Waals surface area contributed by atoms with E-state index in [-0.39, 0.29) is 30.6 Å². The first-order valence-electron chi connectivity index (χ1n) is 10.1. The van der Waals surface area contributed by atoms with Gasteiger partial charge in [-0.05, 0) is 56.3 Å². The van der Waals surface area contributed by atoms with E-state index in [0.717, 1.165) is 17.7 Å². The van der Waals surface area contributed by atoms with Gasteiger partial charge in [-0.15, -0.1) is 11.3 Å². The van der Waals surface area contributed by atoms with Gasteiger partial charge in [0.05, 0.1) is 6.04 Å². The molecule has 1 aliphatic rings. The molecule has 2 aromatic rings. The van der Waals surface area contributed by atoms with Crippen molar-refractivity contribution >= 4 is 23.3 Å². The van der Waals surface area contributed by atoms with Crippen LogP contribution in [-0.2, 0) is 11.2 Å². The molecule has 3 amide bonds. The van der Waals surface area contributed by atoms with Gasteiger partial charge < -0.3 is 19.9 Å². The number of ether oxygens (including phenoxy) is 1. The summed E-state index contributed by atoms with van der Waals surface area (Å²) in [6, 6.07) is 11.3. The highest BCUT2D eigenvalue weighted by atomic mass is 32.1. The molecule has 0 unspecified atom stereocenters. The first-order chi connectivity index (χ1) is 14.0. The molecule has 1 N–H and O–H groups in total. The van der Waals surface area contributed by atoms with Gasteiger partial charge in [0, 0.05) is 24.0 Å². The number of benzene rings is 1. The molecule has 1 aromatic heterocycles. The lowest BCUT2D eigenvalue weighted by Crippen LogP contribution is -2.51. The van der Waals surface area contributed by atoms with E-state index in [0.29, 0.717) is 19.7 Å². The molecule has 7 heteroatoms. The molecular formula is C22H29N3O3S. The molecule has 0 bridgehead atoms. The van der Waals surface area contributed by atoms with Crippen LogP contribution < -0.4 is 10.1 Å². The second kappa shape index (κ2) is 9.78. The van der Waals surface area contributed by atoms with Gasteiger partial charge in [0.1, 0.15) is 18.9 Å². The summed E-state index contributed by atoms with van der Waals surface area (Å²) in [5.41, 5.74) is 1.15. The van der Waals surface area contributed by atoms with E-state index in [1.165, 1.54) is 4.88 Å². The molecule has 0 fully saturated rings. The predicted molar refractivity (Wildman–Crippen MR) is 115 cm³/mol. The van der Waals surface area contributed by atoms with Crippen LogP contribution in [0, 0.1) is 0 Å². The molecule has 2 heterocycles. The summed E-state index contributed by atoms with van der Waals surface area (Å²) in [4.78, 5) is 30.4. The fourth-order valence-electron chi connectivity index (χ4n) is 3.54. The second-order valence-electron chi connectivity index (χ2n) is 7.33. The Labute approximate surface area is 176 Å². The molecule has 1 atom stereocenters. The van der Waals surface area contributed by atoms with E-state index in [1.54, 1.807) is 16.2 Å². The summed E-state index contributed by atoms with van der Waals surface area (Å²) < 4.78 is 6.01. The van der Waals surface area contributed by atoms with Crippen molar-refractivity contribution in [2.24, 2.45) is 0 Å². The maximum absolute atomic E-state index is 13.2. The number of para-hydroxylation sites is 1. The molecule has 0 radical (unpaired) electrons. The smallest absolute Gasteiger partial charge is 0.318 e. The quantitative estimate of drug-likeness (QED) is 0.750. The van der Waals surface area contributed by atoms with Crippen LogP contribution in [0.15, 0.2) is 41.8 Å². The van der Waals surface area contributed by atoms with Gasteiger partial charge in [-0.2, -0.15) is 0 Å². The number of hydrogen-bond donors (Lipinski definition) is 1. The third-order valence-electron chi connectivity index (χ3n) is 5.08. The molecule has 1 aliphatic heterocycles. The number of urea groups is 1. The van der Waals surface area contributed by atoms with Crippen molar-refractivity contribution in [1.82, 2.24) is 15.1 Å². The highest BCUT2D eigenvalue weighted by molar-refractivity contribution is 7.10. The van der Waals surface area contributed by atoms with Gasteiger partial charge in [-0.3, -0.25) is 4.79 Å². The Bertz CT molecular complexity index is 822. The van der Waals surface area contributed by atoms with Crippen LogP contribution in [0.3, 0.4) is 0 Å². The third-order valence-corrected chi connectivity index (χ3v) is 6.08. The predicted octanol–water partition coefficient (Wildman–Crippen LogP) is 3.69. The maximum atomic E-state index is 13.2. The number of carbonyl (C=O) groups excluding carboxylic acids is 2. The number of hydrogen-bond acceptors (Lipinski definition) is 4. The normalized spacial score (nSPS) is 15.7. The zero-order chi connectivity index (χ0) is 20.8. The highest BCUT2D eigenvalue weighted by Gasteiger charge is 2.33. The van der Waals surface area contributed by atoms with Gasteiger partial charge in [0.15, 0.2) is 0 Å². The van der Waals surface area contributed by atoms with Gasteiger partial charge in [-0.1, -0.05) is 18.2 Å². The van der Waals surface area contributed by atoms with E-state index in [4.69, 9.17) is 4.74 Å². The van der Waals surface area contributed by atoms with Crippen molar-refractivity contribution in [3.63, 3.8) is 0 Å². The summed E-state index contributed by atoms with van der Waals surface area (Å²) in [6.07, 6.45) is 0.837. The number of fused-ring (bicyclic) bond motifs is 1. The lowest BCUT2D eigenvalue weighted by Gasteiger charge is -2.37. The molecule has 3 rings (SSSR count). The molecule has 29 heavy (non-hydrogen) atoms. The van der Waals surface area contributed by atoms with Gasteiger partial charge in [0.2, 0.25) is 5.91 Å². The first-order valence-corrected chi connectivity index (χ1v) is 11.0. The minimum absolute atomic E-state index is 0.0523. The van der Waals surface area contributed by atoms with Crippen molar-refractivity contribution in [3.8, 4) is 5.75 Å². The number of thiophene rings is 1. The SMILES string of the molecule is CCNC(=O)N(CC(=O)N1CCc2sccc2[C@H]1COc1ccccc1)C(C)C. The molecule has 0 aliphatic carbocycles. The summed E-state index contributed by atoms with van der Waals surface area (Å²) >= 11 is 1.73. The Hall–Kier alpha value is -2.54. The minimum atomic E-state index is -0.207. The van der Waals surface area contributed by atoms with Crippen LogP contribution in [0.25, 0.3) is 0 Å². The monoisotopic (exact) mass is 415 g/mol. The van der Waals surface area contributed by atoms with E-state index >= 15 is 0 Å². The lowest BCUT2D eigenvalue weighted by molar-refractivity contribution is -0.135. The number of carbonyl (C=O) groups is 2. The summed E-state index contributed by atoms with van der Waals surface area (Å²) in [5.74, 6) is 0.733. The Balaban J connectivity index is 1.76. The number of nitrogens with one attached hydrogen (secondary N) is 1. The topological polar surface area (TPSA) is 61.9 Å². The first kappa shape index (κ1) is 21.2. The zero-order valence-electron chi connectivity index (χ0n) is 17.3. The molecule has 0 spiro atoms. The average molecular weight is 416 g/mol. The van der Waals surface area contributed by atoms with Gasteiger partial charge in [-0.25, -0.2) is 4.79 Å². The van der Waals surface area contributed by atoms with Crippen molar-refractivity contribution in [2.45, 2.75) is 39.3 Å². The van der Waals surface area contributed by atoms with Crippen molar-refractivity contribution in [2.75, 3.05) is 26.2 Å². The van der Waals surface area contributed by atoms with Crippen molar-refractivity contribution in [3.05, 3.63) is 52.2 Å². The maximum Gasteiger partial charge on any atom is 0.318 e. The van der Waals surface area contributed by atoms with Crippen LogP contribution in [0.2, 0.25) is 0 Å². The second-order valence-corrected chi connectivity index (χ2v) is 8.33. The number of nitrogens with zero attached hydrogens (tertiary/aromatic N) is 2. The fraction of sp³-hybridized carbons (Fsp3) is 0.455. The Morgan fingerprint density at radius 2 is 2.03 bits per heavy atom. The zero-order valence-corrected chi connectivity index (χ0v) is 18.1. The van der Waals surface area contributed by atoms with Crippen LogP contribution in [0.1, 0.15) is 37.3 Å². The molecule has 156 valence electrons. The Kier molecular flexibility index (Phi) is 7.14. The highest BCUT2D eigenvalue weighted by Crippen LogP contribution is 2.34. The van der Waals surface area contributed by atoms with Crippen LogP contribution in [-0.4, -0.2) is 54.0 Å². The number of rotatable bonds is 7.